The molecule has 39 heavy (non-hydrogen) atoms. The van der Waals surface area contributed by atoms with E-state index in [0.717, 1.165) is 0 Å². The fourth-order valence-corrected chi connectivity index (χ4v) is 5.10. The van der Waals surface area contributed by atoms with Crippen molar-refractivity contribution in [1.29, 1.82) is 0 Å². The summed E-state index contributed by atoms with van der Waals surface area (Å²) < 4.78 is 10.6. The molecule has 0 spiro atoms. The van der Waals surface area contributed by atoms with Gasteiger partial charge in [-0.1, -0.05) is 82.7 Å². The van der Waals surface area contributed by atoms with Crippen molar-refractivity contribution in [3.05, 3.63) is 79.1 Å². The number of benzene rings is 2. The zero-order valence-electron chi connectivity index (χ0n) is 21.4. The third kappa shape index (κ3) is 6.09. The van der Waals surface area contributed by atoms with Gasteiger partial charge in [0.1, 0.15) is 34.0 Å². The van der Waals surface area contributed by atoms with Crippen LogP contribution in [0.3, 0.4) is 0 Å². The Morgan fingerprint density at radius 2 is 1.05 bits per heavy atom. The van der Waals surface area contributed by atoms with Crippen LogP contribution in [0.15, 0.2) is 45.4 Å². The Morgan fingerprint density at radius 3 is 1.38 bits per heavy atom. The van der Waals surface area contributed by atoms with Gasteiger partial charge in [0.25, 0.3) is 11.8 Å². The highest BCUT2D eigenvalue weighted by Crippen LogP contribution is 2.38. The number of hydrogen-bond acceptors (Lipinski definition) is 6. The molecule has 2 aromatic heterocycles. The summed E-state index contributed by atoms with van der Waals surface area (Å²) in [5, 5.41) is 15.2. The molecule has 0 aliphatic carbocycles. The second kappa shape index (κ2) is 11.6. The normalized spacial score (nSPS) is 11.5. The predicted molar refractivity (Wildman–Crippen MR) is 152 cm³/mol. The number of aromatic nitrogens is 2. The van der Waals surface area contributed by atoms with Gasteiger partial charge in [-0.2, -0.15) is 0 Å². The summed E-state index contributed by atoms with van der Waals surface area (Å²) in [5.74, 6) is -0.189. The number of carbonyl (C=O) groups is 2. The van der Waals surface area contributed by atoms with Crippen LogP contribution in [0.25, 0.3) is 22.5 Å². The Labute approximate surface area is 244 Å². The van der Waals surface area contributed by atoms with Crippen molar-refractivity contribution in [2.24, 2.45) is 5.41 Å². The van der Waals surface area contributed by atoms with E-state index in [2.05, 4.69) is 20.9 Å². The molecule has 204 valence electrons. The zero-order valence-corrected chi connectivity index (χ0v) is 24.4. The lowest BCUT2D eigenvalue weighted by Gasteiger charge is -2.25. The highest BCUT2D eigenvalue weighted by molar-refractivity contribution is 6.40. The van der Waals surface area contributed by atoms with Gasteiger partial charge in [0.15, 0.2) is 0 Å². The molecule has 12 heteroatoms. The monoisotopic (exact) mass is 608 g/mol. The molecule has 4 rings (SSSR count). The van der Waals surface area contributed by atoms with Crippen molar-refractivity contribution in [3.63, 3.8) is 0 Å². The van der Waals surface area contributed by atoms with Crippen LogP contribution < -0.4 is 10.6 Å². The van der Waals surface area contributed by atoms with Crippen molar-refractivity contribution < 1.29 is 18.6 Å². The summed E-state index contributed by atoms with van der Waals surface area (Å²) in [5.41, 5.74) is 1.23. The summed E-state index contributed by atoms with van der Waals surface area (Å²) in [4.78, 5) is 26.4. The largest absolute Gasteiger partial charge is 0.360 e. The number of halogens is 4. The lowest BCUT2D eigenvalue weighted by molar-refractivity contribution is 0.0919. The second-order valence-electron chi connectivity index (χ2n) is 9.65. The first-order valence-electron chi connectivity index (χ1n) is 11.8. The van der Waals surface area contributed by atoms with E-state index in [4.69, 9.17) is 55.4 Å². The molecule has 0 aliphatic heterocycles. The van der Waals surface area contributed by atoms with E-state index < -0.39 is 17.2 Å². The zero-order chi connectivity index (χ0) is 28.5. The molecule has 0 atom stereocenters. The minimum Gasteiger partial charge on any atom is -0.360 e. The number of nitrogens with zero attached hydrogens (tertiary/aromatic N) is 2. The minimum absolute atomic E-state index is 0.220. The fourth-order valence-electron chi connectivity index (χ4n) is 3.95. The van der Waals surface area contributed by atoms with Gasteiger partial charge in [-0.3, -0.25) is 9.59 Å². The van der Waals surface area contributed by atoms with Crippen LogP contribution in [0.2, 0.25) is 20.1 Å². The first-order valence-corrected chi connectivity index (χ1v) is 13.3. The van der Waals surface area contributed by atoms with Crippen LogP contribution in [0.4, 0.5) is 0 Å². The minimum atomic E-state index is -0.550. The standard InChI is InChI=1S/C27H24Cl4N4O4/c1-13-19(23(34-38-13)21-15(28)7-5-8-16(21)29)25(36)32-11-27(3,4)12-33-26(37)20-14(2)39-35-24(20)22-17(30)9-6-10-18(22)31/h5-10H,11-12H2,1-4H3,(H,32,36)(H,33,37). The Morgan fingerprint density at radius 1 is 0.718 bits per heavy atom. The van der Waals surface area contributed by atoms with E-state index in [0.29, 0.717) is 42.7 Å². The molecule has 2 N–H and O–H groups in total. The highest BCUT2D eigenvalue weighted by atomic mass is 35.5. The van der Waals surface area contributed by atoms with Crippen molar-refractivity contribution in [2.75, 3.05) is 13.1 Å². The van der Waals surface area contributed by atoms with Gasteiger partial charge in [0.05, 0.1) is 20.1 Å². The van der Waals surface area contributed by atoms with E-state index in [9.17, 15) is 9.59 Å². The molecular formula is C27H24Cl4N4O4. The number of amides is 2. The second-order valence-corrected chi connectivity index (χ2v) is 11.3. The number of nitrogens with one attached hydrogen (secondary N) is 2. The molecule has 2 heterocycles. The Hall–Kier alpha value is -3.04. The van der Waals surface area contributed by atoms with Crippen LogP contribution in [0.1, 0.15) is 46.1 Å². The third-order valence-corrected chi connectivity index (χ3v) is 7.29. The van der Waals surface area contributed by atoms with Crippen molar-refractivity contribution >= 4 is 58.2 Å². The van der Waals surface area contributed by atoms with Crippen molar-refractivity contribution in [2.45, 2.75) is 27.7 Å². The number of hydrogen-bond donors (Lipinski definition) is 2. The van der Waals surface area contributed by atoms with Gasteiger partial charge < -0.3 is 19.7 Å². The van der Waals surface area contributed by atoms with E-state index in [1.54, 1.807) is 50.2 Å². The Kier molecular flexibility index (Phi) is 8.61. The maximum absolute atomic E-state index is 13.2. The molecule has 0 bridgehead atoms. The molecule has 0 saturated heterocycles. The van der Waals surface area contributed by atoms with Crippen molar-refractivity contribution in [1.82, 2.24) is 20.9 Å². The summed E-state index contributed by atoms with van der Waals surface area (Å²) in [6, 6.07) is 10.0. The number of aryl methyl sites for hydroxylation is 2. The maximum atomic E-state index is 13.2. The first-order chi connectivity index (χ1) is 18.4. The average Bonchev–Trinajstić information content (AvgIpc) is 3.43. The van der Waals surface area contributed by atoms with Gasteiger partial charge in [-0.15, -0.1) is 0 Å². The third-order valence-electron chi connectivity index (χ3n) is 6.03. The van der Waals surface area contributed by atoms with E-state index >= 15 is 0 Å². The summed E-state index contributed by atoms with van der Waals surface area (Å²) >= 11 is 25.3. The molecule has 0 unspecified atom stereocenters. The molecule has 2 amide bonds. The van der Waals surface area contributed by atoms with Gasteiger partial charge in [0, 0.05) is 24.2 Å². The number of rotatable bonds is 8. The molecular weight excluding hydrogens is 586 g/mol. The number of carbonyl (C=O) groups excluding carboxylic acids is 2. The van der Waals surface area contributed by atoms with E-state index in [1.807, 2.05) is 13.8 Å². The van der Waals surface area contributed by atoms with Crippen LogP contribution in [0, 0.1) is 19.3 Å². The van der Waals surface area contributed by atoms with Crippen LogP contribution in [-0.4, -0.2) is 35.2 Å². The van der Waals surface area contributed by atoms with Gasteiger partial charge >= 0.3 is 0 Å². The summed E-state index contributed by atoms with van der Waals surface area (Å²) in [6.07, 6.45) is 0. The molecule has 4 aromatic rings. The summed E-state index contributed by atoms with van der Waals surface area (Å²) in [6.45, 7) is 7.49. The average molecular weight is 610 g/mol. The molecule has 0 radical (unpaired) electrons. The molecule has 0 fully saturated rings. The quantitative estimate of drug-likeness (QED) is 0.215. The molecule has 0 saturated carbocycles. The lowest BCUT2D eigenvalue weighted by Crippen LogP contribution is -2.42. The SMILES string of the molecule is Cc1onc(-c2c(Cl)cccc2Cl)c1C(=O)NCC(C)(C)CNC(=O)c1c(-c2c(Cl)cccc2Cl)noc1C. The van der Waals surface area contributed by atoms with E-state index in [-0.39, 0.29) is 35.6 Å². The summed E-state index contributed by atoms with van der Waals surface area (Å²) in [7, 11) is 0. The first kappa shape index (κ1) is 29.0. The fraction of sp³-hybridized carbons (Fsp3) is 0.259. The van der Waals surface area contributed by atoms with Crippen LogP contribution in [0.5, 0.6) is 0 Å². The van der Waals surface area contributed by atoms with E-state index in [1.165, 1.54) is 0 Å². The molecule has 2 aromatic carbocycles. The van der Waals surface area contributed by atoms with Gasteiger partial charge in [-0.05, 0) is 43.5 Å². The van der Waals surface area contributed by atoms with Gasteiger partial charge in [-0.25, -0.2) is 0 Å². The Bertz CT molecular complexity index is 1410. The highest BCUT2D eigenvalue weighted by Gasteiger charge is 2.29. The van der Waals surface area contributed by atoms with Crippen LogP contribution >= 0.6 is 46.4 Å². The van der Waals surface area contributed by atoms with Crippen molar-refractivity contribution in [3.8, 4) is 22.5 Å². The maximum Gasteiger partial charge on any atom is 0.257 e. The smallest absolute Gasteiger partial charge is 0.257 e. The predicted octanol–water partition coefficient (Wildman–Crippen LogP) is 7.41. The topological polar surface area (TPSA) is 110 Å². The van der Waals surface area contributed by atoms with Gasteiger partial charge in [0.2, 0.25) is 0 Å². The Balaban J connectivity index is 1.46. The molecule has 8 nitrogen and oxygen atoms in total. The lowest BCUT2D eigenvalue weighted by atomic mass is 9.92. The molecule has 0 aliphatic rings. The van der Waals surface area contributed by atoms with Crippen LogP contribution in [-0.2, 0) is 0 Å².